The number of aromatic nitrogens is 3. The lowest BCUT2D eigenvalue weighted by Crippen LogP contribution is -2.13. The Bertz CT molecular complexity index is 698. The van der Waals surface area contributed by atoms with Gasteiger partial charge in [-0.2, -0.15) is 0 Å². The quantitative estimate of drug-likeness (QED) is 0.485. The van der Waals surface area contributed by atoms with E-state index in [1.54, 1.807) is 64.9 Å². The van der Waals surface area contributed by atoms with Gasteiger partial charge in [0.1, 0.15) is 5.70 Å². The largest absolute Gasteiger partial charge is 0.287 e. The normalized spacial score (nSPS) is 11.1. The first-order valence-corrected chi connectivity index (χ1v) is 9.76. The van der Waals surface area contributed by atoms with Gasteiger partial charge in [0.25, 0.3) is 0 Å². The fourth-order valence-electron chi connectivity index (χ4n) is 1.92. The average molecular weight is 382 g/mol. The van der Waals surface area contributed by atoms with Crippen molar-refractivity contribution in [3.05, 3.63) is 51.5 Å². The first-order valence-electron chi connectivity index (χ1n) is 7.63. The van der Waals surface area contributed by atoms with Crippen LogP contribution in [-0.4, -0.2) is 31.3 Å². The molecular weight excluding hydrogens is 362 g/mol. The number of ketones is 1. The highest BCUT2D eigenvalue weighted by Crippen LogP contribution is 2.39. The van der Waals surface area contributed by atoms with Crippen LogP contribution in [0.25, 0.3) is 5.70 Å². The fourth-order valence-corrected chi connectivity index (χ4v) is 4.88. The van der Waals surface area contributed by atoms with E-state index < -0.39 is 0 Å². The third kappa shape index (κ3) is 5.13. The SMILES string of the molecule is CC(C)SC(SC(C)C)=C(C(=O)c1ccc(Cl)cc1)n1ccnn1. The molecule has 0 aliphatic heterocycles. The van der Waals surface area contributed by atoms with E-state index in [4.69, 9.17) is 11.6 Å². The van der Waals surface area contributed by atoms with Gasteiger partial charge in [-0.05, 0) is 24.3 Å². The molecule has 0 aliphatic rings. The van der Waals surface area contributed by atoms with E-state index in [1.165, 1.54) is 0 Å². The van der Waals surface area contributed by atoms with Gasteiger partial charge in [-0.25, -0.2) is 4.68 Å². The van der Waals surface area contributed by atoms with Crippen LogP contribution in [0.4, 0.5) is 0 Å². The van der Waals surface area contributed by atoms with Crippen molar-refractivity contribution in [1.29, 1.82) is 0 Å². The standard InChI is InChI=1S/C17H20ClN3OS2/c1-11(2)23-17(24-12(3)4)15(21-10-9-19-20-21)16(22)13-5-7-14(18)8-6-13/h5-12H,1-4H3. The van der Waals surface area contributed by atoms with Crippen molar-refractivity contribution in [2.75, 3.05) is 0 Å². The minimum Gasteiger partial charge on any atom is -0.287 e. The zero-order chi connectivity index (χ0) is 17.7. The second-order valence-corrected chi connectivity index (χ2v) is 9.52. The van der Waals surface area contributed by atoms with Crippen molar-refractivity contribution in [2.24, 2.45) is 0 Å². The molecule has 0 amide bonds. The Hall–Kier alpha value is -1.24. The molecule has 128 valence electrons. The molecule has 1 heterocycles. The van der Waals surface area contributed by atoms with Gasteiger partial charge in [-0.15, -0.1) is 28.6 Å². The van der Waals surface area contributed by atoms with Gasteiger partial charge in [0.15, 0.2) is 0 Å². The Morgan fingerprint density at radius 3 is 2.12 bits per heavy atom. The predicted molar refractivity (Wildman–Crippen MR) is 104 cm³/mol. The molecule has 0 atom stereocenters. The van der Waals surface area contributed by atoms with Crippen LogP contribution in [0.5, 0.6) is 0 Å². The Labute approximate surface area is 156 Å². The molecule has 4 nitrogen and oxygen atoms in total. The van der Waals surface area contributed by atoms with Gasteiger partial charge in [0.2, 0.25) is 5.78 Å². The Morgan fingerprint density at radius 1 is 1.08 bits per heavy atom. The maximum Gasteiger partial charge on any atom is 0.213 e. The summed E-state index contributed by atoms with van der Waals surface area (Å²) in [7, 11) is 0. The van der Waals surface area contributed by atoms with Crippen LogP contribution in [0.3, 0.4) is 0 Å². The number of nitrogens with zero attached hydrogens (tertiary/aromatic N) is 3. The van der Waals surface area contributed by atoms with E-state index in [1.807, 2.05) is 0 Å². The van der Waals surface area contributed by atoms with E-state index in [9.17, 15) is 4.79 Å². The summed E-state index contributed by atoms with van der Waals surface area (Å²) in [5.74, 6) is -0.0894. The molecule has 0 bridgehead atoms. The molecular formula is C17H20ClN3OS2. The average Bonchev–Trinajstić information content (AvgIpc) is 3.00. The molecule has 0 saturated carbocycles. The highest BCUT2D eigenvalue weighted by atomic mass is 35.5. The summed E-state index contributed by atoms with van der Waals surface area (Å²) in [6.07, 6.45) is 3.28. The summed E-state index contributed by atoms with van der Waals surface area (Å²) < 4.78 is 2.50. The summed E-state index contributed by atoms with van der Waals surface area (Å²) in [4.78, 5) is 13.1. The number of benzene rings is 1. The van der Waals surface area contributed by atoms with Crippen molar-refractivity contribution in [3.63, 3.8) is 0 Å². The van der Waals surface area contributed by atoms with Crippen LogP contribution < -0.4 is 0 Å². The molecule has 2 rings (SSSR count). The van der Waals surface area contributed by atoms with E-state index in [0.717, 1.165) is 4.24 Å². The molecule has 24 heavy (non-hydrogen) atoms. The van der Waals surface area contributed by atoms with Crippen LogP contribution in [0.1, 0.15) is 38.1 Å². The lowest BCUT2D eigenvalue weighted by molar-refractivity contribution is 0.105. The van der Waals surface area contributed by atoms with Gasteiger partial charge >= 0.3 is 0 Å². The van der Waals surface area contributed by atoms with Crippen LogP contribution in [0.15, 0.2) is 40.9 Å². The molecule has 7 heteroatoms. The van der Waals surface area contributed by atoms with Crippen molar-refractivity contribution >= 4 is 46.6 Å². The Morgan fingerprint density at radius 2 is 1.67 bits per heavy atom. The monoisotopic (exact) mass is 381 g/mol. The molecule has 2 aromatic rings. The molecule has 0 saturated heterocycles. The number of hydrogen-bond acceptors (Lipinski definition) is 5. The van der Waals surface area contributed by atoms with Crippen molar-refractivity contribution in [2.45, 2.75) is 38.2 Å². The number of rotatable bonds is 7. The van der Waals surface area contributed by atoms with Crippen LogP contribution in [0, 0.1) is 0 Å². The molecule has 1 aromatic heterocycles. The lowest BCUT2D eigenvalue weighted by Gasteiger charge is -2.17. The van der Waals surface area contributed by atoms with Crippen molar-refractivity contribution < 1.29 is 4.79 Å². The summed E-state index contributed by atoms with van der Waals surface area (Å²) in [5.41, 5.74) is 1.11. The summed E-state index contributed by atoms with van der Waals surface area (Å²) >= 11 is 9.27. The second kappa shape index (κ2) is 8.74. The summed E-state index contributed by atoms with van der Waals surface area (Å²) in [5, 5.41) is 9.21. The van der Waals surface area contributed by atoms with E-state index in [0.29, 0.717) is 26.8 Å². The number of carbonyl (C=O) groups is 1. The zero-order valence-corrected chi connectivity index (χ0v) is 16.5. The Balaban J connectivity index is 2.55. The first kappa shape index (κ1) is 19.1. The number of carbonyl (C=O) groups excluding carboxylic acids is 1. The highest BCUT2D eigenvalue weighted by Gasteiger charge is 2.22. The Kier molecular flexibility index (Phi) is 6.95. The zero-order valence-electron chi connectivity index (χ0n) is 14.1. The predicted octanol–water partition coefficient (Wildman–Crippen LogP) is 5.22. The minimum absolute atomic E-state index is 0.0894. The highest BCUT2D eigenvalue weighted by molar-refractivity contribution is 8.23. The maximum absolute atomic E-state index is 13.1. The second-order valence-electron chi connectivity index (χ2n) is 5.65. The molecule has 0 spiro atoms. The first-order chi connectivity index (χ1) is 11.4. The number of hydrogen-bond donors (Lipinski definition) is 0. The third-order valence-electron chi connectivity index (χ3n) is 2.85. The van der Waals surface area contributed by atoms with Gasteiger partial charge in [0.05, 0.1) is 16.6 Å². The van der Waals surface area contributed by atoms with Gasteiger partial charge in [-0.3, -0.25) is 4.79 Å². The molecule has 0 N–H and O–H groups in total. The third-order valence-corrected chi connectivity index (χ3v) is 5.44. The molecule has 0 aliphatic carbocycles. The topological polar surface area (TPSA) is 47.8 Å². The fraction of sp³-hybridized carbons (Fsp3) is 0.353. The van der Waals surface area contributed by atoms with Crippen LogP contribution in [0.2, 0.25) is 5.02 Å². The van der Waals surface area contributed by atoms with Gasteiger partial charge in [0, 0.05) is 21.1 Å². The molecule has 0 fully saturated rings. The summed E-state index contributed by atoms with van der Waals surface area (Å²) in [6.45, 7) is 8.43. The van der Waals surface area contributed by atoms with E-state index >= 15 is 0 Å². The number of thioether (sulfide) groups is 2. The van der Waals surface area contributed by atoms with Crippen LogP contribution >= 0.6 is 35.1 Å². The number of Topliss-reactive ketones (excluding diaryl/α,β-unsaturated/α-hetero) is 1. The molecule has 1 aromatic carbocycles. The molecule has 0 unspecified atom stereocenters. The van der Waals surface area contributed by atoms with Gasteiger partial charge < -0.3 is 0 Å². The van der Waals surface area contributed by atoms with E-state index in [-0.39, 0.29) is 5.78 Å². The van der Waals surface area contributed by atoms with E-state index in [2.05, 4.69) is 38.0 Å². The minimum atomic E-state index is -0.0894. The lowest BCUT2D eigenvalue weighted by atomic mass is 10.1. The maximum atomic E-state index is 13.1. The van der Waals surface area contributed by atoms with Crippen molar-refractivity contribution in [3.8, 4) is 0 Å². The van der Waals surface area contributed by atoms with Crippen molar-refractivity contribution in [1.82, 2.24) is 15.0 Å². The van der Waals surface area contributed by atoms with Crippen LogP contribution in [-0.2, 0) is 0 Å². The van der Waals surface area contributed by atoms with Gasteiger partial charge in [-0.1, -0.05) is 44.5 Å². The molecule has 0 radical (unpaired) electrons. The number of allylic oxidation sites excluding steroid dienone is 1. The number of halogens is 1. The summed E-state index contributed by atoms with van der Waals surface area (Å²) in [6, 6.07) is 6.91. The smallest absolute Gasteiger partial charge is 0.213 e.